The first-order chi connectivity index (χ1) is 13.9. The molecule has 0 spiro atoms. The molecule has 0 N–H and O–H groups in total. The first kappa shape index (κ1) is 21.6. The molecule has 1 aromatic heterocycles. The molecule has 3 rings (SSSR count). The number of nitrogens with zero attached hydrogens (tertiary/aromatic N) is 5. The maximum atomic E-state index is 13.3. The molecule has 0 aliphatic carbocycles. The molecule has 0 saturated carbocycles. The summed E-state index contributed by atoms with van der Waals surface area (Å²) in [5.74, 6) is -0.134. The van der Waals surface area contributed by atoms with Gasteiger partial charge in [0.25, 0.3) is 0 Å². The number of aromatic nitrogens is 3. The molecular weight excluding hydrogens is 396 g/mol. The summed E-state index contributed by atoms with van der Waals surface area (Å²) in [6.45, 7) is 6.05. The molecule has 1 fully saturated rings. The topological polar surface area (TPSA) is 93.3 Å². The Kier molecular flexibility index (Phi) is 5.52. The van der Waals surface area contributed by atoms with Crippen molar-refractivity contribution in [2.45, 2.75) is 58.5 Å². The molecule has 30 heavy (non-hydrogen) atoms. The molecule has 0 bridgehead atoms. The van der Waals surface area contributed by atoms with Crippen LogP contribution in [0.5, 0.6) is 0 Å². The van der Waals surface area contributed by atoms with Crippen LogP contribution in [0.3, 0.4) is 0 Å². The van der Waals surface area contributed by atoms with Crippen LogP contribution in [-0.4, -0.2) is 43.7 Å². The number of carbonyl (C=O) groups is 1. The van der Waals surface area contributed by atoms with E-state index in [0.29, 0.717) is 10.2 Å². The second kappa shape index (κ2) is 7.65. The van der Waals surface area contributed by atoms with E-state index in [1.54, 1.807) is 46.8 Å². The van der Waals surface area contributed by atoms with Crippen LogP contribution in [0.4, 0.5) is 13.6 Å². The number of nitriles is 1. The Balaban J connectivity index is 2.06. The van der Waals surface area contributed by atoms with Crippen LogP contribution in [0, 0.1) is 11.3 Å². The van der Waals surface area contributed by atoms with Crippen molar-refractivity contribution in [3.05, 3.63) is 35.7 Å². The third-order valence-electron chi connectivity index (χ3n) is 4.62. The largest absolute Gasteiger partial charge is 0.444 e. The Bertz CT molecular complexity index is 991. The number of ether oxygens (including phenoxy) is 2. The van der Waals surface area contributed by atoms with Crippen molar-refractivity contribution in [1.29, 1.82) is 5.26 Å². The molecule has 10 heteroatoms. The molecule has 1 aromatic carbocycles. The predicted octanol–water partition coefficient (Wildman–Crippen LogP) is 4.26. The standard InChI is InChI=1S/C20H23F2N5O3/c1-19(2,3)30-18(28)26-15(10-29-20(26,4)5)12-6-7-13(9-23)14(8-12)16-24-11-25-27(16)17(21)22/h6-8,11,15,17H,10H2,1-5H3. The molecule has 1 unspecified atom stereocenters. The number of benzene rings is 1. The van der Waals surface area contributed by atoms with E-state index in [0.717, 1.165) is 6.33 Å². The smallest absolute Gasteiger partial charge is 0.413 e. The molecule has 1 aliphatic heterocycles. The van der Waals surface area contributed by atoms with Crippen LogP contribution in [-0.2, 0) is 9.47 Å². The van der Waals surface area contributed by atoms with Gasteiger partial charge in [-0.15, -0.1) is 0 Å². The molecule has 1 saturated heterocycles. The Morgan fingerprint density at radius 3 is 2.70 bits per heavy atom. The lowest BCUT2D eigenvalue weighted by atomic mass is 9.99. The third kappa shape index (κ3) is 4.11. The highest BCUT2D eigenvalue weighted by Gasteiger charge is 2.46. The zero-order valence-corrected chi connectivity index (χ0v) is 17.4. The highest BCUT2D eigenvalue weighted by Crippen LogP contribution is 2.39. The van der Waals surface area contributed by atoms with Crippen molar-refractivity contribution < 1.29 is 23.0 Å². The molecule has 1 aliphatic rings. The van der Waals surface area contributed by atoms with E-state index in [9.17, 15) is 18.8 Å². The fraction of sp³-hybridized carbons (Fsp3) is 0.500. The SMILES string of the molecule is CC(C)(C)OC(=O)N1C(c2ccc(C#N)c(-c3ncnn3C(F)F)c2)COC1(C)C. The molecular formula is C20H23F2N5O3. The van der Waals surface area contributed by atoms with Gasteiger partial charge in [-0.05, 0) is 52.3 Å². The molecule has 160 valence electrons. The van der Waals surface area contributed by atoms with Gasteiger partial charge < -0.3 is 9.47 Å². The van der Waals surface area contributed by atoms with Crippen molar-refractivity contribution in [3.63, 3.8) is 0 Å². The Hall–Kier alpha value is -3.06. The van der Waals surface area contributed by atoms with Crippen molar-refractivity contribution in [2.24, 2.45) is 0 Å². The van der Waals surface area contributed by atoms with Gasteiger partial charge in [-0.1, -0.05) is 6.07 Å². The van der Waals surface area contributed by atoms with Crippen LogP contribution in [0.25, 0.3) is 11.4 Å². The minimum Gasteiger partial charge on any atom is -0.444 e. The fourth-order valence-electron chi connectivity index (χ4n) is 3.34. The lowest BCUT2D eigenvalue weighted by Gasteiger charge is -2.35. The molecule has 2 heterocycles. The third-order valence-corrected chi connectivity index (χ3v) is 4.62. The van der Waals surface area contributed by atoms with Crippen LogP contribution >= 0.6 is 0 Å². The van der Waals surface area contributed by atoms with Gasteiger partial charge in [0.2, 0.25) is 0 Å². The maximum absolute atomic E-state index is 13.3. The van der Waals surface area contributed by atoms with Gasteiger partial charge in [-0.3, -0.25) is 4.90 Å². The summed E-state index contributed by atoms with van der Waals surface area (Å²) in [5.41, 5.74) is -0.685. The van der Waals surface area contributed by atoms with E-state index in [1.165, 1.54) is 11.0 Å². The summed E-state index contributed by atoms with van der Waals surface area (Å²) in [6.07, 6.45) is 0.445. The van der Waals surface area contributed by atoms with E-state index in [4.69, 9.17) is 9.47 Å². The van der Waals surface area contributed by atoms with Crippen LogP contribution in [0.1, 0.15) is 58.3 Å². The van der Waals surface area contributed by atoms with Gasteiger partial charge in [0.1, 0.15) is 17.7 Å². The second-order valence-electron chi connectivity index (χ2n) is 8.35. The quantitative estimate of drug-likeness (QED) is 0.738. The minimum atomic E-state index is -2.91. The van der Waals surface area contributed by atoms with E-state index in [-0.39, 0.29) is 23.6 Å². The highest BCUT2D eigenvalue weighted by atomic mass is 19.3. The predicted molar refractivity (Wildman–Crippen MR) is 102 cm³/mol. The number of carbonyl (C=O) groups excluding carboxylic acids is 1. The summed E-state index contributed by atoms with van der Waals surface area (Å²) >= 11 is 0. The van der Waals surface area contributed by atoms with Gasteiger partial charge in [-0.2, -0.15) is 23.8 Å². The van der Waals surface area contributed by atoms with Crippen molar-refractivity contribution in [1.82, 2.24) is 19.7 Å². The van der Waals surface area contributed by atoms with Crippen molar-refractivity contribution in [3.8, 4) is 17.5 Å². The number of amides is 1. The summed E-state index contributed by atoms with van der Waals surface area (Å²) in [5, 5.41) is 13.0. The summed E-state index contributed by atoms with van der Waals surface area (Å²) in [6, 6.07) is 6.18. The Morgan fingerprint density at radius 1 is 1.40 bits per heavy atom. The molecule has 1 amide bonds. The first-order valence-corrected chi connectivity index (χ1v) is 9.33. The van der Waals surface area contributed by atoms with Gasteiger partial charge in [-0.25, -0.2) is 9.78 Å². The maximum Gasteiger partial charge on any atom is 0.413 e. The van der Waals surface area contributed by atoms with Gasteiger partial charge in [0.05, 0.1) is 24.3 Å². The summed E-state index contributed by atoms with van der Waals surface area (Å²) < 4.78 is 38.4. The average molecular weight is 419 g/mol. The first-order valence-electron chi connectivity index (χ1n) is 9.33. The fourth-order valence-corrected chi connectivity index (χ4v) is 3.34. The summed E-state index contributed by atoms with van der Waals surface area (Å²) in [4.78, 5) is 18.3. The monoisotopic (exact) mass is 419 g/mol. The lowest BCUT2D eigenvalue weighted by Crippen LogP contribution is -2.47. The van der Waals surface area contributed by atoms with Crippen LogP contribution in [0.15, 0.2) is 24.5 Å². The van der Waals surface area contributed by atoms with Gasteiger partial charge in [0.15, 0.2) is 5.82 Å². The van der Waals surface area contributed by atoms with Crippen molar-refractivity contribution >= 4 is 6.09 Å². The van der Waals surface area contributed by atoms with Crippen LogP contribution in [0.2, 0.25) is 0 Å². The van der Waals surface area contributed by atoms with E-state index in [1.807, 2.05) is 6.07 Å². The number of hydrogen-bond donors (Lipinski definition) is 0. The normalized spacial score (nSPS) is 18.5. The number of halogens is 2. The minimum absolute atomic E-state index is 0.134. The molecule has 1 atom stereocenters. The molecule has 2 aromatic rings. The number of rotatable bonds is 3. The van der Waals surface area contributed by atoms with E-state index < -0.39 is 30.0 Å². The van der Waals surface area contributed by atoms with Crippen LogP contribution < -0.4 is 0 Å². The summed E-state index contributed by atoms with van der Waals surface area (Å²) in [7, 11) is 0. The number of alkyl halides is 2. The second-order valence-corrected chi connectivity index (χ2v) is 8.35. The van der Waals surface area contributed by atoms with Gasteiger partial charge >= 0.3 is 12.6 Å². The zero-order chi connectivity index (χ0) is 22.3. The van der Waals surface area contributed by atoms with Gasteiger partial charge in [0, 0.05) is 5.56 Å². The molecule has 0 radical (unpaired) electrons. The highest BCUT2D eigenvalue weighted by molar-refractivity contribution is 5.71. The lowest BCUT2D eigenvalue weighted by molar-refractivity contribution is -0.0626. The number of hydrogen-bond acceptors (Lipinski definition) is 6. The van der Waals surface area contributed by atoms with E-state index >= 15 is 0 Å². The zero-order valence-electron chi connectivity index (χ0n) is 17.4. The molecule has 8 nitrogen and oxygen atoms in total. The van der Waals surface area contributed by atoms with Crippen molar-refractivity contribution in [2.75, 3.05) is 6.61 Å². The van der Waals surface area contributed by atoms with E-state index in [2.05, 4.69) is 10.1 Å². The Morgan fingerprint density at radius 2 is 2.10 bits per heavy atom. The average Bonchev–Trinajstić information content (AvgIpc) is 3.23. The Labute approximate surface area is 173 Å².